The van der Waals surface area contributed by atoms with Gasteiger partial charge in [-0.25, -0.2) is 4.98 Å². The summed E-state index contributed by atoms with van der Waals surface area (Å²) in [5, 5.41) is 3.11. The lowest BCUT2D eigenvalue weighted by molar-refractivity contribution is 0.341. The highest BCUT2D eigenvalue weighted by Crippen LogP contribution is 2.39. The van der Waals surface area contributed by atoms with Crippen LogP contribution in [0.15, 0.2) is 30.3 Å². The molecule has 21 heavy (non-hydrogen) atoms. The number of nitrogens with zero attached hydrogens (tertiary/aromatic N) is 1. The molecule has 0 radical (unpaired) electrons. The summed E-state index contributed by atoms with van der Waals surface area (Å²) in [5.74, 6) is 2.25. The highest BCUT2D eigenvalue weighted by Gasteiger charge is 2.13. The number of para-hydroxylation sites is 1. The maximum absolute atomic E-state index is 5.90. The van der Waals surface area contributed by atoms with Crippen LogP contribution in [0.1, 0.15) is 11.3 Å². The van der Waals surface area contributed by atoms with Gasteiger partial charge in [0.05, 0.1) is 14.2 Å². The van der Waals surface area contributed by atoms with Crippen molar-refractivity contribution in [2.24, 2.45) is 0 Å². The van der Waals surface area contributed by atoms with Crippen molar-refractivity contribution in [1.82, 2.24) is 10.3 Å². The van der Waals surface area contributed by atoms with E-state index in [2.05, 4.69) is 10.3 Å². The first-order chi connectivity index (χ1) is 10.2. The molecule has 0 aliphatic carbocycles. The van der Waals surface area contributed by atoms with Crippen LogP contribution in [0.4, 0.5) is 0 Å². The molecular formula is C16H20N2O3. The number of nitrogens with one attached hydrogen (secondary N) is 1. The number of aromatic nitrogens is 1. The summed E-state index contributed by atoms with van der Waals surface area (Å²) in [7, 11) is 5.09. The maximum Gasteiger partial charge on any atom is 0.220 e. The Balaban J connectivity index is 2.37. The molecule has 1 aromatic heterocycles. The minimum absolute atomic E-state index is 0.517. The van der Waals surface area contributed by atoms with Crippen molar-refractivity contribution < 1.29 is 14.2 Å². The van der Waals surface area contributed by atoms with Gasteiger partial charge < -0.3 is 19.5 Å². The van der Waals surface area contributed by atoms with Gasteiger partial charge in [0, 0.05) is 18.3 Å². The zero-order valence-corrected chi connectivity index (χ0v) is 12.8. The van der Waals surface area contributed by atoms with Gasteiger partial charge in [-0.15, -0.1) is 0 Å². The van der Waals surface area contributed by atoms with Gasteiger partial charge in [0.1, 0.15) is 0 Å². The molecule has 0 spiro atoms. The van der Waals surface area contributed by atoms with Gasteiger partial charge in [0.25, 0.3) is 0 Å². The number of benzene rings is 1. The predicted octanol–water partition coefficient (Wildman–Crippen LogP) is 2.92. The van der Waals surface area contributed by atoms with Gasteiger partial charge in [-0.3, -0.25) is 0 Å². The van der Waals surface area contributed by atoms with Crippen molar-refractivity contribution in [2.45, 2.75) is 13.5 Å². The first-order valence-corrected chi connectivity index (χ1v) is 6.69. The SMILES string of the molecule is CNCc1cc(C)nc(Oc2c(OC)cccc2OC)c1. The number of methoxy groups -OCH3 is 2. The van der Waals surface area contributed by atoms with E-state index in [1.165, 1.54) is 0 Å². The van der Waals surface area contributed by atoms with Gasteiger partial charge in [-0.1, -0.05) is 6.07 Å². The molecule has 0 bridgehead atoms. The second-order valence-corrected chi connectivity index (χ2v) is 4.58. The highest BCUT2D eigenvalue weighted by atomic mass is 16.5. The molecule has 0 amide bonds. The Kier molecular flexibility index (Phi) is 5.00. The molecule has 0 aliphatic heterocycles. The largest absolute Gasteiger partial charge is 0.493 e. The predicted molar refractivity (Wildman–Crippen MR) is 81.4 cm³/mol. The smallest absolute Gasteiger partial charge is 0.220 e. The summed E-state index contributed by atoms with van der Waals surface area (Å²) < 4.78 is 16.5. The fourth-order valence-corrected chi connectivity index (χ4v) is 2.09. The molecule has 5 heteroatoms. The summed E-state index contributed by atoms with van der Waals surface area (Å²) in [6.07, 6.45) is 0. The Morgan fingerprint density at radius 3 is 2.33 bits per heavy atom. The average molecular weight is 288 g/mol. The normalized spacial score (nSPS) is 10.3. The van der Waals surface area contributed by atoms with Crippen molar-refractivity contribution in [1.29, 1.82) is 0 Å². The average Bonchev–Trinajstić information content (AvgIpc) is 2.47. The summed E-state index contributed by atoms with van der Waals surface area (Å²) in [6, 6.07) is 9.41. The number of rotatable bonds is 6. The fourth-order valence-electron chi connectivity index (χ4n) is 2.09. The van der Waals surface area contributed by atoms with E-state index in [4.69, 9.17) is 14.2 Å². The van der Waals surface area contributed by atoms with Crippen LogP contribution in [-0.2, 0) is 6.54 Å². The molecule has 1 heterocycles. The molecule has 0 aliphatic rings. The van der Waals surface area contributed by atoms with Crippen molar-refractivity contribution in [3.63, 3.8) is 0 Å². The monoisotopic (exact) mass is 288 g/mol. The van der Waals surface area contributed by atoms with Crippen LogP contribution >= 0.6 is 0 Å². The molecule has 0 saturated carbocycles. The van der Waals surface area contributed by atoms with Crippen LogP contribution in [0.25, 0.3) is 0 Å². The Hall–Kier alpha value is -2.27. The van der Waals surface area contributed by atoms with Gasteiger partial charge in [0.2, 0.25) is 11.6 Å². The molecular weight excluding hydrogens is 268 g/mol. The van der Waals surface area contributed by atoms with E-state index in [0.29, 0.717) is 23.1 Å². The molecule has 0 atom stereocenters. The minimum Gasteiger partial charge on any atom is -0.493 e. The van der Waals surface area contributed by atoms with E-state index in [1.54, 1.807) is 14.2 Å². The fraction of sp³-hybridized carbons (Fsp3) is 0.312. The molecule has 2 rings (SSSR count). The van der Waals surface area contributed by atoms with Crippen LogP contribution in [0.5, 0.6) is 23.1 Å². The minimum atomic E-state index is 0.517. The third kappa shape index (κ3) is 3.64. The van der Waals surface area contributed by atoms with Gasteiger partial charge in [-0.05, 0) is 37.7 Å². The lowest BCUT2D eigenvalue weighted by Crippen LogP contribution is -2.06. The zero-order valence-electron chi connectivity index (χ0n) is 12.8. The van der Waals surface area contributed by atoms with Gasteiger partial charge >= 0.3 is 0 Å². The van der Waals surface area contributed by atoms with E-state index in [-0.39, 0.29) is 0 Å². The van der Waals surface area contributed by atoms with Crippen LogP contribution in [0.3, 0.4) is 0 Å². The van der Waals surface area contributed by atoms with Crippen LogP contribution in [0, 0.1) is 6.92 Å². The van der Waals surface area contributed by atoms with E-state index in [0.717, 1.165) is 17.8 Å². The van der Waals surface area contributed by atoms with Gasteiger partial charge in [-0.2, -0.15) is 0 Å². The van der Waals surface area contributed by atoms with Crippen molar-refractivity contribution >= 4 is 0 Å². The Bertz CT molecular complexity index is 592. The summed E-state index contributed by atoms with van der Waals surface area (Å²) in [5.41, 5.74) is 2.00. The molecule has 1 N–H and O–H groups in total. The molecule has 112 valence electrons. The lowest BCUT2D eigenvalue weighted by atomic mass is 10.2. The van der Waals surface area contributed by atoms with Crippen LogP contribution in [0.2, 0.25) is 0 Å². The number of ether oxygens (including phenoxy) is 3. The standard InChI is InChI=1S/C16H20N2O3/c1-11-8-12(10-17-2)9-15(18-11)21-16-13(19-3)6-5-7-14(16)20-4/h5-9,17H,10H2,1-4H3. The van der Waals surface area contributed by atoms with Crippen LogP contribution < -0.4 is 19.5 Å². The number of hydrogen-bond donors (Lipinski definition) is 1. The molecule has 5 nitrogen and oxygen atoms in total. The first-order valence-electron chi connectivity index (χ1n) is 6.69. The van der Waals surface area contributed by atoms with E-state index in [1.807, 2.05) is 44.3 Å². The highest BCUT2D eigenvalue weighted by molar-refractivity contribution is 5.52. The van der Waals surface area contributed by atoms with E-state index >= 15 is 0 Å². The molecule has 1 aromatic carbocycles. The quantitative estimate of drug-likeness (QED) is 0.885. The molecule has 0 saturated heterocycles. The molecule has 0 fully saturated rings. The third-order valence-corrected chi connectivity index (χ3v) is 2.96. The first kappa shape index (κ1) is 15.1. The lowest BCUT2D eigenvalue weighted by Gasteiger charge is -2.14. The Morgan fingerprint density at radius 1 is 1.10 bits per heavy atom. The van der Waals surface area contributed by atoms with Gasteiger partial charge in [0.15, 0.2) is 11.5 Å². The summed E-state index contributed by atoms with van der Waals surface area (Å²) in [4.78, 5) is 4.40. The van der Waals surface area contributed by atoms with E-state index in [9.17, 15) is 0 Å². The Morgan fingerprint density at radius 2 is 1.76 bits per heavy atom. The van der Waals surface area contributed by atoms with Crippen molar-refractivity contribution in [2.75, 3.05) is 21.3 Å². The van der Waals surface area contributed by atoms with Crippen molar-refractivity contribution in [3.8, 4) is 23.1 Å². The summed E-state index contributed by atoms with van der Waals surface area (Å²) >= 11 is 0. The molecule has 0 unspecified atom stereocenters. The topological polar surface area (TPSA) is 52.6 Å². The number of pyridine rings is 1. The van der Waals surface area contributed by atoms with Crippen molar-refractivity contribution in [3.05, 3.63) is 41.6 Å². The second kappa shape index (κ2) is 6.95. The number of aryl methyl sites for hydroxylation is 1. The van der Waals surface area contributed by atoms with E-state index < -0.39 is 0 Å². The summed E-state index contributed by atoms with van der Waals surface area (Å²) in [6.45, 7) is 2.69. The molecule has 2 aromatic rings. The zero-order chi connectivity index (χ0) is 15.2. The third-order valence-electron chi connectivity index (χ3n) is 2.96. The number of hydrogen-bond acceptors (Lipinski definition) is 5. The van der Waals surface area contributed by atoms with Crippen LogP contribution in [-0.4, -0.2) is 26.3 Å². The Labute approximate surface area is 124 Å². The second-order valence-electron chi connectivity index (χ2n) is 4.58. The maximum atomic E-state index is 5.90.